The summed E-state index contributed by atoms with van der Waals surface area (Å²) in [5.41, 5.74) is 0. The van der Waals surface area contributed by atoms with Crippen LogP contribution in [-0.2, 0) is 9.84 Å². The molecular weight excluding hydrogens is 252 g/mol. The van der Waals surface area contributed by atoms with Gasteiger partial charge in [-0.3, -0.25) is 0 Å². The Bertz CT molecular complexity index is 282. The number of sulfone groups is 1. The minimum atomic E-state index is -2.68. The Balaban J connectivity index is 2.00. The molecule has 2 fully saturated rings. The van der Waals surface area contributed by atoms with Gasteiger partial charge >= 0.3 is 0 Å². The molecule has 0 aromatic rings. The van der Waals surface area contributed by atoms with Gasteiger partial charge in [0.05, 0.1) is 11.5 Å². The van der Waals surface area contributed by atoms with Crippen molar-refractivity contribution in [2.45, 2.75) is 19.3 Å². The van der Waals surface area contributed by atoms with E-state index in [1.165, 1.54) is 12.8 Å². The molecule has 13 heavy (non-hydrogen) atoms. The molecule has 2 unspecified atom stereocenters. The van der Waals surface area contributed by atoms with Crippen LogP contribution in [0, 0.1) is 17.8 Å². The summed E-state index contributed by atoms with van der Waals surface area (Å²) in [7, 11) is -2.68. The maximum atomic E-state index is 11.3. The molecule has 2 aliphatic rings. The summed E-state index contributed by atoms with van der Waals surface area (Å²) in [6.07, 6.45) is 3.52. The van der Waals surface area contributed by atoms with Crippen molar-refractivity contribution < 1.29 is 8.42 Å². The molecule has 0 aromatic carbocycles. The highest BCUT2D eigenvalue weighted by Crippen LogP contribution is 2.44. The van der Waals surface area contributed by atoms with Gasteiger partial charge in [-0.05, 0) is 37.0 Å². The van der Waals surface area contributed by atoms with Gasteiger partial charge in [-0.1, -0.05) is 15.9 Å². The average molecular weight is 267 g/mol. The van der Waals surface area contributed by atoms with Gasteiger partial charge in [-0.15, -0.1) is 0 Å². The van der Waals surface area contributed by atoms with Gasteiger partial charge in [0.2, 0.25) is 0 Å². The van der Waals surface area contributed by atoms with Gasteiger partial charge in [0, 0.05) is 5.33 Å². The molecule has 1 saturated heterocycles. The summed E-state index contributed by atoms with van der Waals surface area (Å²) in [6.45, 7) is 0. The third kappa shape index (κ3) is 2.27. The van der Waals surface area contributed by atoms with Gasteiger partial charge in [0.15, 0.2) is 9.84 Å². The molecule has 0 N–H and O–H groups in total. The summed E-state index contributed by atoms with van der Waals surface area (Å²) >= 11 is 3.51. The summed E-state index contributed by atoms with van der Waals surface area (Å²) in [5, 5.41) is 0.984. The molecule has 0 bridgehead atoms. The van der Waals surface area contributed by atoms with Crippen molar-refractivity contribution in [1.29, 1.82) is 0 Å². The Hall–Kier alpha value is 0.430. The minimum absolute atomic E-state index is 0.424. The fraction of sp³-hybridized carbons (Fsp3) is 1.00. The second kappa shape index (κ2) is 3.54. The van der Waals surface area contributed by atoms with Gasteiger partial charge in [-0.2, -0.15) is 0 Å². The Labute approximate surface area is 88.1 Å². The number of alkyl halides is 1. The van der Waals surface area contributed by atoms with Crippen molar-refractivity contribution >= 4 is 25.8 Å². The Morgan fingerprint density at radius 3 is 2.31 bits per heavy atom. The summed E-state index contributed by atoms with van der Waals surface area (Å²) in [6, 6.07) is 0. The van der Waals surface area contributed by atoms with E-state index < -0.39 is 9.84 Å². The Kier molecular flexibility index (Phi) is 2.71. The lowest BCUT2D eigenvalue weighted by Gasteiger charge is -2.19. The molecule has 2 atom stereocenters. The quantitative estimate of drug-likeness (QED) is 0.731. The molecule has 0 amide bonds. The highest BCUT2D eigenvalue weighted by molar-refractivity contribution is 9.09. The van der Waals surface area contributed by atoms with E-state index in [-0.39, 0.29) is 0 Å². The summed E-state index contributed by atoms with van der Waals surface area (Å²) < 4.78 is 22.6. The first-order chi connectivity index (χ1) is 6.12. The van der Waals surface area contributed by atoms with Crippen LogP contribution in [0.25, 0.3) is 0 Å². The zero-order valence-electron chi connectivity index (χ0n) is 7.58. The largest absolute Gasteiger partial charge is 0.229 e. The lowest BCUT2D eigenvalue weighted by Crippen LogP contribution is -2.19. The van der Waals surface area contributed by atoms with E-state index in [1.807, 2.05) is 0 Å². The Morgan fingerprint density at radius 2 is 1.92 bits per heavy atom. The fourth-order valence-electron chi connectivity index (χ4n) is 2.32. The van der Waals surface area contributed by atoms with Crippen LogP contribution in [0.5, 0.6) is 0 Å². The van der Waals surface area contributed by atoms with Crippen LogP contribution in [0.2, 0.25) is 0 Å². The molecule has 1 heterocycles. The number of halogens is 1. The van der Waals surface area contributed by atoms with Gasteiger partial charge < -0.3 is 0 Å². The normalized spacial score (nSPS) is 34.7. The van der Waals surface area contributed by atoms with Gasteiger partial charge in [0.1, 0.15) is 0 Å². The van der Waals surface area contributed by atoms with Crippen molar-refractivity contribution in [3.05, 3.63) is 0 Å². The van der Waals surface area contributed by atoms with Crippen molar-refractivity contribution in [2.24, 2.45) is 17.8 Å². The molecule has 0 radical (unpaired) electrons. The molecule has 1 saturated carbocycles. The van der Waals surface area contributed by atoms with E-state index in [9.17, 15) is 8.42 Å². The second-order valence-electron chi connectivity index (χ2n) is 4.32. The van der Waals surface area contributed by atoms with Crippen LogP contribution < -0.4 is 0 Å². The third-order valence-corrected chi connectivity index (χ3v) is 5.82. The van der Waals surface area contributed by atoms with Crippen LogP contribution in [0.4, 0.5) is 0 Å². The van der Waals surface area contributed by atoms with Crippen molar-refractivity contribution in [3.63, 3.8) is 0 Å². The zero-order valence-corrected chi connectivity index (χ0v) is 9.98. The van der Waals surface area contributed by atoms with Crippen LogP contribution in [0.3, 0.4) is 0 Å². The van der Waals surface area contributed by atoms with Crippen LogP contribution >= 0.6 is 15.9 Å². The molecule has 0 spiro atoms. The summed E-state index contributed by atoms with van der Waals surface area (Å²) in [4.78, 5) is 0. The minimum Gasteiger partial charge on any atom is -0.229 e. The van der Waals surface area contributed by atoms with Crippen LogP contribution in [0.1, 0.15) is 19.3 Å². The van der Waals surface area contributed by atoms with E-state index in [4.69, 9.17) is 0 Å². The molecule has 2 rings (SSSR count). The maximum absolute atomic E-state index is 11.3. The predicted octanol–water partition coefficient (Wildman–Crippen LogP) is 1.84. The van der Waals surface area contributed by atoms with Gasteiger partial charge in [-0.25, -0.2) is 8.42 Å². The standard InChI is InChI=1S/C9H15BrO2S/c10-5-9(7-1-2-7)8-3-4-13(11,12)6-8/h7-9H,1-6H2. The van der Waals surface area contributed by atoms with E-state index in [0.29, 0.717) is 23.3 Å². The zero-order chi connectivity index (χ0) is 9.47. The van der Waals surface area contributed by atoms with Crippen molar-refractivity contribution in [1.82, 2.24) is 0 Å². The van der Waals surface area contributed by atoms with E-state index in [0.717, 1.165) is 17.7 Å². The smallest absolute Gasteiger partial charge is 0.150 e. The Morgan fingerprint density at radius 1 is 1.23 bits per heavy atom. The number of hydrogen-bond acceptors (Lipinski definition) is 2. The molecule has 4 heteroatoms. The maximum Gasteiger partial charge on any atom is 0.150 e. The molecule has 1 aliphatic carbocycles. The number of rotatable bonds is 3. The summed E-state index contributed by atoms with van der Waals surface area (Å²) in [5.74, 6) is 2.75. The predicted molar refractivity (Wildman–Crippen MR) is 56.8 cm³/mol. The van der Waals surface area contributed by atoms with Crippen molar-refractivity contribution in [3.8, 4) is 0 Å². The van der Waals surface area contributed by atoms with Crippen LogP contribution in [-0.4, -0.2) is 25.3 Å². The lowest BCUT2D eigenvalue weighted by molar-refractivity contribution is 0.361. The fourth-order valence-corrected chi connectivity index (χ4v) is 5.27. The highest BCUT2D eigenvalue weighted by atomic mass is 79.9. The molecule has 76 valence electrons. The molecular formula is C9H15BrO2S. The topological polar surface area (TPSA) is 34.1 Å². The number of hydrogen-bond donors (Lipinski definition) is 0. The lowest BCUT2D eigenvalue weighted by atomic mass is 9.89. The van der Waals surface area contributed by atoms with Crippen molar-refractivity contribution in [2.75, 3.05) is 16.8 Å². The van der Waals surface area contributed by atoms with E-state index in [2.05, 4.69) is 15.9 Å². The van der Waals surface area contributed by atoms with E-state index in [1.54, 1.807) is 0 Å². The SMILES string of the molecule is O=S1(=O)CCC(C(CBr)C2CC2)C1. The van der Waals surface area contributed by atoms with Gasteiger partial charge in [0.25, 0.3) is 0 Å². The average Bonchev–Trinajstić information content (AvgIpc) is 2.80. The monoisotopic (exact) mass is 266 g/mol. The third-order valence-electron chi connectivity index (χ3n) is 3.28. The highest BCUT2D eigenvalue weighted by Gasteiger charge is 2.40. The van der Waals surface area contributed by atoms with E-state index >= 15 is 0 Å². The molecule has 2 nitrogen and oxygen atoms in total. The second-order valence-corrected chi connectivity index (χ2v) is 7.19. The first kappa shape index (κ1) is 9.97. The first-order valence-corrected chi connectivity index (χ1v) is 7.83. The van der Waals surface area contributed by atoms with Crippen LogP contribution in [0.15, 0.2) is 0 Å². The molecule has 0 aromatic heterocycles. The first-order valence-electron chi connectivity index (χ1n) is 4.89. The molecule has 1 aliphatic heterocycles.